The maximum Gasteiger partial charge on any atom is 0.122 e. The van der Waals surface area contributed by atoms with Gasteiger partial charge in [0.05, 0.1) is 0 Å². The molecule has 0 saturated heterocycles. The molecule has 0 saturated carbocycles. The van der Waals surface area contributed by atoms with Gasteiger partial charge in [-0.3, -0.25) is 0 Å². The minimum atomic E-state index is 0.469. The van der Waals surface area contributed by atoms with Gasteiger partial charge in [-0.05, 0) is 59.7 Å². The van der Waals surface area contributed by atoms with E-state index < -0.39 is 0 Å². The molecule has 0 radical (unpaired) electrons. The van der Waals surface area contributed by atoms with E-state index in [1.165, 1.54) is 27.8 Å². The summed E-state index contributed by atoms with van der Waals surface area (Å²) in [5, 5.41) is 10.7. The highest BCUT2D eigenvalue weighted by Crippen LogP contribution is 2.36. The molecule has 1 N–H and O–H groups in total. The fourth-order valence-electron chi connectivity index (χ4n) is 3.44. The summed E-state index contributed by atoms with van der Waals surface area (Å²) in [5.41, 5.74) is 8.68. The molecule has 0 aliphatic rings. The van der Waals surface area contributed by atoms with Crippen LogP contribution in [-0.2, 0) is 23.0 Å². The molecule has 0 bridgehead atoms. The lowest BCUT2D eigenvalue weighted by Gasteiger charge is -2.19. The zero-order chi connectivity index (χ0) is 19.9. The molecule has 0 aliphatic heterocycles. The first-order chi connectivity index (χ1) is 13.6. The first-order valence-electron chi connectivity index (χ1n) is 9.61. The highest BCUT2D eigenvalue weighted by molar-refractivity contribution is 7.98. The average Bonchev–Trinajstić information content (AvgIpc) is 2.73. The second kappa shape index (κ2) is 10.1. The highest BCUT2D eigenvalue weighted by atomic mass is 32.2. The van der Waals surface area contributed by atoms with Crippen molar-refractivity contribution in [2.45, 2.75) is 43.8 Å². The summed E-state index contributed by atoms with van der Waals surface area (Å²) in [4.78, 5) is 0. The number of phenolic OH excluding ortho intramolecular Hbond substituents is 1. The summed E-state index contributed by atoms with van der Waals surface area (Å²) >= 11 is 3.83. The van der Waals surface area contributed by atoms with E-state index in [1.54, 1.807) is 0 Å². The molecule has 0 heterocycles. The van der Waals surface area contributed by atoms with Crippen molar-refractivity contribution in [3.63, 3.8) is 0 Å². The Morgan fingerprint density at radius 1 is 0.571 bits per heavy atom. The molecule has 0 unspecified atom stereocenters. The third-order valence-electron chi connectivity index (χ3n) is 5.24. The molecule has 0 aromatic heterocycles. The number of aromatic hydroxyl groups is 1. The first-order valence-corrected chi connectivity index (χ1v) is 11.9. The molecule has 0 aliphatic carbocycles. The predicted octanol–water partition coefficient (Wildman–Crippen LogP) is 7.18. The largest absolute Gasteiger partial charge is 0.507 e. The van der Waals surface area contributed by atoms with E-state index in [2.05, 4.69) is 81.4 Å². The van der Waals surface area contributed by atoms with Crippen molar-refractivity contribution in [3.8, 4) is 5.75 Å². The Balaban J connectivity index is 1.71. The van der Waals surface area contributed by atoms with Gasteiger partial charge in [-0.1, -0.05) is 60.7 Å². The number of hydrogen-bond donors (Lipinski definition) is 1. The zero-order valence-electron chi connectivity index (χ0n) is 16.9. The molecule has 0 fully saturated rings. The predicted molar refractivity (Wildman–Crippen MR) is 125 cm³/mol. The topological polar surface area (TPSA) is 20.2 Å². The summed E-state index contributed by atoms with van der Waals surface area (Å²) in [5.74, 6) is 4.31. The van der Waals surface area contributed by atoms with Gasteiger partial charge in [-0.2, -0.15) is 23.5 Å². The van der Waals surface area contributed by atoms with E-state index in [4.69, 9.17) is 0 Å². The summed E-state index contributed by atoms with van der Waals surface area (Å²) in [6, 6.07) is 21.2. The van der Waals surface area contributed by atoms with E-state index in [9.17, 15) is 5.11 Å². The molecular weight excluding hydrogens is 380 g/mol. The van der Waals surface area contributed by atoms with Crippen LogP contribution in [0.3, 0.4) is 0 Å². The van der Waals surface area contributed by atoms with Crippen LogP contribution >= 0.6 is 23.5 Å². The standard InChI is InChI=1S/C25H28OS2/c1-18-23(16-27-14-21-10-6-4-7-11-21)19(2)25(26)20(3)24(18)17-28-15-22-12-8-5-9-13-22/h4-13,26H,14-17H2,1-3H3. The quantitative estimate of drug-likeness (QED) is 0.426. The molecular formula is C25H28OS2. The van der Waals surface area contributed by atoms with Gasteiger partial charge in [-0.25, -0.2) is 0 Å². The Kier molecular flexibility index (Phi) is 7.52. The minimum absolute atomic E-state index is 0.469. The van der Waals surface area contributed by atoms with Crippen LogP contribution < -0.4 is 0 Å². The fraction of sp³-hybridized carbons (Fsp3) is 0.280. The molecule has 146 valence electrons. The van der Waals surface area contributed by atoms with Gasteiger partial charge in [-0.15, -0.1) is 0 Å². The highest BCUT2D eigenvalue weighted by Gasteiger charge is 2.16. The summed E-state index contributed by atoms with van der Waals surface area (Å²) < 4.78 is 0. The van der Waals surface area contributed by atoms with Crippen LogP contribution in [0.25, 0.3) is 0 Å². The summed E-state index contributed by atoms with van der Waals surface area (Å²) in [6.45, 7) is 6.32. The van der Waals surface area contributed by atoms with Gasteiger partial charge in [0, 0.05) is 23.0 Å². The van der Waals surface area contributed by atoms with Crippen LogP contribution in [0.4, 0.5) is 0 Å². The lowest BCUT2D eigenvalue weighted by molar-refractivity contribution is 0.465. The van der Waals surface area contributed by atoms with E-state index in [-0.39, 0.29) is 0 Å². The molecule has 3 aromatic carbocycles. The summed E-state index contributed by atoms with van der Waals surface area (Å²) in [7, 11) is 0. The smallest absolute Gasteiger partial charge is 0.122 e. The third kappa shape index (κ3) is 5.15. The second-order valence-electron chi connectivity index (χ2n) is 7.14. The molecule has 28 heavy (non-hydrogen) atoms. The maximum absolute atomic E-state index is 10.7. The Bertz CT molecular complexity index is 832. The number of benzene rings is 3. The van der Waals surface area contributed by atoms with Crippen molar-refractivity contribution in [3.05, 3.63) is 99.6 Å². The average molecular weight is 409 g/mol. The van der Waals surface area contributed by atoms with Crippen molar-refractivity contribution in [2.24, 2.45) is 0 Å². The Morgan fingerprint density at radius 3 is 1.36 bits per heavy atom. The molecule has 0 amide bonds. The molecule has 0 spiro atoms. The lowest BCUT2D eigenvalue weighted by Crippen LogP contribution is -2.02. The maximum atomic E-state index is 10.7. The van der Waals surface area contributed by atoms with E-state index >= 15 is 0 Å². The van der Waals surface area contributed by atoms with Gasteiger partial charge in [0.15, 0.2) is 0 Å². The van der Waals surface area contributed by atoms with Crippen LogP contribution in [0.15, 0.2) is 60.7 Å². The number of hydrogen-bond acceptors (Lipinski definition) is 3. The molecule has 0 atom stereocenters. The Labute approximate surface area is 177 Å². The first kappa shape index (κ1) is 20.9. The molecule has 3 rings (SSSR count). The number of rotatable bonds is 8. The van der Waals surface area contributed by atoms with Crippen LogP contribution in [0.1, 0.15) is 38.9 Å². The van der Waals surface area contributed by atoms with E-state index in [0.29, 0.717) is 5.75 Å². The number of phenols is 1. The van der Waals surface area contributed by atoms with Crippen LogP contribution in [-0.4, -0.2) is 5.11 Å². The normalized spacial score (nSPS) is 11.0. The molecule has 1 nitrogen and oxygen atoms in total. The minimum Gasteiger partial charge on any atom is -0.507 e. The lowest BCUT2D eigenvalue weighted by atomic mass is 9.94. The van der Waals surface area contributed by atoms with Gasteiger partial charge >= 0.3 is 0 Å². The van der Waals surface area contributed by atoms with Crippen LogP contribution in [0.5, 0.6) is 5.75 Å². The SMILES string of the molecule is Cc1c(O)c(C)c(CSCc2ccccc2)c(C)c1CSCc1ccccc1. The van der Waals surface area contributed by atoms with E-state index in [1.807, 2.05) is 23.5 Å². The third-order valence-corrected chi connectivity index (χ3v) is 7.30. The van der Waals surface area contributed by atoms with Gasteiger partial charge < -0.3 is 5.11 Å². The van der Waals surface area contributed by atoms with Crippen molar-refractivity contribution < 1.29 is 5.11 Å². The molecule has 3 heteroatoms. The van der Waals surface area contributed by atoms with Crippen LogP contribution in [0, 0.1) is 20.8 Å². The van der Waals surface area contributed by atoms with Crippen LogP contribution in [0.2, 0.25) is 0 Å². The second-order valence-corrected chi connectivity index (χ2v) is 9.11. The summed E-state index contributed by atoms with van der Waals surface area (Å²) in [6.07, 6.45) is 0. The Morgan fingerprint density at radius 2 is 0.964 bits per heavy atom. The van der Waals surface area contributed by atoms with Crippen molar-refractivity contribution in [1.82, 2.24) is 0 Å². The fourth-order valence-corrected chi connectivity index (χ4v) is 5.77. The van der Waals surface area contributed by atoms with E-state index in [0.717, 1.165) is 34.1 Å². The van der Waals surface area contributed by atoms with Crippen molar-refractivity contribution in [2.75, 3.05) is 0 Å². The number of thioether (sulfide) groups is 2. The monoisotopic (exact) mass is 408 g/mol. The Hall–Kier alpha value is -1.84. The van der Waals surface area contributed by atoms with Gasteiger partial charge in [0.25, 0.3) is 0 Å². The van der Waals surface area contributed by atoms with Gasteiger partial charge in [0.1, 0.15) is 5.75 Å². The van der Waals surface area contributed by atoms with Crippen molar-refractivity contribution >= 4 is 23.5 Å². The van der Waals surface area contributed by atoms with Crippen molar-refractivity contribution in [1.29, 1.82) is 0 Å². The zero-order valence-corrected chi connectivity index (χ0v) is 18.5. The van der Waals surface area contributed by atoms with Gasteiger partial charge in [0.2, 0.25) is 0 Å². The molecule has 3 aromatic rings.